The van der Waals surface area contributed by atoms with Crippen LogP contribution in [0.1, 0.15) is 63.5 Å². The molecule has 0 aliphatic carbocycles. The van der Waals surface area contributed by atoms with Gasteiger partial charge in [-0.15, -0.1) is 0 Å². The van der Waals surface area contributed by atoms with E-state index in [-0.39, 0.29) is 11.5 Å². The van der Waals surface area contributed by atoms with Gasteiger partial charge in [-0.05, 0) is 80.6 Å². The zero-order chi connectivity index (χ0) is 19.6. The van der Waals surface area contributed by atoms with Crippen LogP contribution in [0.4, 0.5) is 4.79 Å². The fourth-order valence-electron chi connectivity index (χ4n) is 5.12. The number of nitrogens with zero attached hydrogens (tertiary/aromatic N) is 2. The highest BCUT2D eigenvalue weighted by Crippen LogP contribution is 2.37. The highest BCUT2D eigenvalue weighted by atomic mass is 16.4. The first-order chi connectivity index (χ1) is 12.8. The first-order valence-corrected chi connectivity index (χ1v) is 10.5. The maximum atomic E-state index is 11.8. The maximum Gasteiger partial charge on any atom is 0.407 e. The molecule has 0 saturated carbocycles. The molecule has 2 fully saturated rings. The van der Waals surface area contributed by atoms with Gasteiger partial charge in [0.25, 0.3) is 0 Å². The molecule has 0 aromatic heterocycles. The van der Waals surface area contributed by atoms with Crippen molar-refractivity contribution >= 4 is 6.09 Å². The van der Waals surface area contributed by atoms with Crippen molar-refractivity contribution in [3.05, 3.63) is 35.4 Å². The molecule has 2 aliphatic rings. The monoisotopic (exact) mass is 372 g/mol. The normalized spacial score (nSPS) is 25.6. The first-order valence-electron chi connectivity index (χ1n) is 10.5. The Kier molecular flexibility index (Phi) is 6.15. The van der Waals surface area contributed by atoms with Gasteiger partial charge in [0.15, 0.2) is 0 Å². The lowest BCUT2D eigenvalue weighted by Crippen LogP contribution is -2.53. The highest BCUT2D eigenvalue weighted by molar-refractivity contribution is 5.65. The molecule has 1 N–H and O–H groups in total. The van der Waals surface area contributed by atoms with E-state index in [0.717, 1.165) is 19.3 Å². The average Bonchev–Trinajstić information content (AvgIpc) is 2.62. The number of piperidine rings is 2. The molecule has 1 amide bonds. The van der Waals surface area contributed by atoms with Crippen LogP contribution in [0.3, 0.4) is 0 Å². The maximum absolute atomic E-state index is 11.8. The summed E-state index contributed by atoms with van der Waals surface area (Å²) >= 11 is 0. The van der Waals surface area contributed by atoms with Crippen LogP contribution in [0.15, 0.2) is 24.3 Å². The standard InChI is InChI=1S/C23H36N2O2/c1-17-8-9-21(25(16-17)22(26)27)23(2,3)15-18-6-5-7-20(14-18)19-10-12-24(4)13-11-19/h5-7,14,17,19,21H,8-13,15-16H2,1-4H3,(H,26,27). The Balaban J connectivity index is 1.73. The summed E-state index contributed by atoms with van der Waals surface area (Å²) in [5.74, 6) is 1.12. The molecule has 0 bridgehead atoms. The number of likely N-dealkylation sites (tertiary alicyclic amines) is 2. The van der Waals surface area contributed by atoms with E-state index in [1.54, 1.807) is 4.90 Å². The zero-order valence-corrected chi connectivity index (χ0v) is 17.4. The van der Waals surface area contributed by atoms with Crippen molar-refractivity contribution in [1.82, 2.24) is 9.80 Å². The van der Waals surface area contributed by atoms with E-state index in [9.17, 15) is 9.90 Å². The van der Waals surface area contributed by atoms with E-state index in [1.807, 2.05) is 0 Å². The van der Waals surface area contributed by atoms with Gasteiger partial charge >= 0.3 is 6.09 Å². The molecule has 2 saturated heterocycles. The molecule has 27 heavy (non-hydrogen) atoms. The second kappa shape index (κ2) is 8.22. The molecule has 4 heteroatoms. The molecule has 3 rings (SSSR count). The average molecular weight is 373 g/mol. The Hall–Kier alpha value is -1.55. The zero-order valence-electron chi connectivity index (χ0n) is 17.4. The minimum atomic E-state index is -0.764. The second-order valence-corrected chi connectivity index (χ2v) is 9.62. The molecule has 150 valence electrons. The van der Waals surface area contributed by atoms with E-state index >= 15 is 0 Å². The van der Waals surface area contributed by atoms with Gasteiger partial charge in [-0.25, -0.2) is 4.79 Å². The minimum absolute atomic E-state index is 0.0655. The number of amides is 1. The Morgan fingerprint density at radius 2 is 1.89 bits per heavy atom. The smallest absolute Gasteiger partial charge is 0.407 e. The lowest BCUT2D eigenvalue weighted by molar-refractivity contribution is 0.0360. The van der Waals surface area contributed by atoms with Crippen LogP contribution < -0.4 is 0 Å². The van der Waals surface area contributed by atoms with Gasteiger partial charge in [-0.1, -0.05) is 45.0 Å². The lowest BCUT2D eigenvalue weighted by atomic mass is 9.73. The first kappa shape index (κ1) is 20.2. The molecule has 2 heterocycles. The molecule has 4 nitrogen and oxygen atoms in total. The van der Waals surface area contributed by atoms with Crippen molar-refractivity contribution in [2.24, 2.45) is 11.3 Å². The fraction of sp³-hybridized carbons (Fsp3) is 0.696. The minimum Gasteiger partial charge on any atom is -0.465 e. The molecule has 2 aliphatic heterocycles. The van der Waals surface area contributed by atoms with Gasteiger partial charge in [0.1, 0.15) is 0 Å². The van der Waals surface area contributed by atoms with Crippen molar-refractivity contribution in [2.45, 2.75) is 64.8 Å². The summed E-state index contributed by atoms with van der Waals surface area (Å²) in [5.41, 5.74) is 2.74. The molecule has 1 aromatic carbocycles. The van der Waals surface area contributed by atoms with E-state index in [2.05, 4.69) is 57.0 Å². The van der Waals surface area contributed by atoms with E-state index < -0.39 is 6.09 Å². The Labute approximate surface area is 164 Å². The molecular weight excluding hydrogens is 336 g/mol. The summed E-state index contributed by atoms with van der Waals surface area (Å²) in [4.78, 5) is 15.9. The molecule has 1 aromatic rings. The van der Waals surface area contributed by atoms with Crippen molar-refractivity contribution in [1.29, 1.82) is 0 Å². The summed E-state index contributed by atoms with van der Waals surface area (Å²) in [6.45, 7) is 9.66. The molecule has 2 unspecified atom stereocenters. The lowest BCUT2D eigenvalue weighted by Gasteiger charge is -2.45. The summed E-state index contributed by atoms with van der Waals surface area (Å²) in [6.07, 6.45) is 4.71. The van der Waals surface area contributed by atoms with Gasteiger partial charge in [0.2, 0.25) is 0 Å². The predicted octanol–water partition coefficient (Wildman–Crippen LogP) is 4.84. The molecular formula is C23H36N2O2. The van der Waals surface area contributed by atoms with Crippen LogP contribution in [0, 0.1) is 11.3 Å². The van der Waals surface area contributed by atoms with Crippen LogP contribution in [0.25, 0.3) is 0 Å². The summed E-state index contributed by atoms with van der Waals surface area (Å²) in [5, 5.41) is 9.71. The Morgan fingerprint density at radius 1 is 1.19 bits per heavy atom. The number of hydrogen-bond donors (Lipinski definition) is 1. The van der Waals surface area contributed by atoms with Crippen LogP contribution >= 0.6 is 0 Å². The van der Waals surface area contributed by atoms with Crippen molar-refractivity contribution < 1.29 is 9.90 Å². The number of hydrogen-bond acceptors (Lipinski definition) is 2. The number of carboxylic acid groups (broad SMARTS) is 1. The SMILES string of the molecule is CC1CCC(C(C)(C)Cc2cccc(C3CCN(C)CC3)c2)N(C(=O)O)C1. The molecule has 2 atom stereocenters. The molecule has 0 radical (unpaired) electrons. The summed E-state index contributed by atoms with van der Waals surface area (Å²) < 4.78 is 0. The Bertz CT molecular complexity index is 650. The van der Waals surface area contributed by atoms with Gasteiger partial charge in [-0.2, -0.15) is 0 Å². The van der Waals surface area contributed by atoms with Crippen LogP contribution in [0.5, 0.6) is 0 Å². The third kappa shape index (κ3) is 4.84. The third-order valence-electron chi connectivity index (χ3n) is 6.77. The van der Waals surface area contributed by atoms with Crippen LogP contribution in [-0.4, -0.2) is 53.7 Å². The second-order valence-electron chi connectivity index (χ2n) is 9.62. The number of carbonyl (C=O) groups is 1. The van der Waals surface area contributed by atoms with Crippen molar-refractivity contribution in [3.8, 4) is 0 Å². The number of benzene rings is 1. The quantitative estimate of drug-likeness (QED) is 0.822. The topological polar surface area (TPSA) is 43.8 Å². The summed E-state index contributed by atoms with van der Waals surface area (Å²) in [6, 6.07) is 9.17. The van der Waals surface area contributed by atoms with Crippen LogP contribution in [0.2, 0.25) is 0 Å². The molecule has 0 spiro atoms. The van der Waals surface area contributed by atoms with Gasteiger partial charge in [-0.3, -0.25) is 0 Å². The summed E-state index contributed by atoms with van der Waals surface area (Å²) in [7, 11) is 2.20. The highest BCUT2D eigenvalue weighted by Gasteiger charge is 2.39. The van der Waals surface area contributed by atoms with E-state index in [4.69, 9.17) is 0 Å². The predicted molar refractivity (Wildman–Crippen MR) is 110 cm³/mol. The van der Waals surface area contributed by atoms with Gasteiger partial charge < -0.3 is 14.9 Å². The van der Waals surface area contributed by atoms with Crippen LogP contribution in [-0.2, 0) is 6.42 Å². The number of rotatable bonds is 4. The van der Waals surface area contributed by atoms with E-state index in [1.165, 1.54) is 37.1 Å². The van der Waals surface area contributed by atoms with E-state index in [0.29, 0.717) is 18.4 Å². The fourth-order valence-corrected chi connectivity index (χ4v) is 5.12. The van der Waals surface area contributed by atoms with Gasteiger partial charge in [0.05, 0.1) is 0 Å². The van der Waals surface area contributed by atoms with Crippen molar-refractivity contribution in [3.63, 3.8) is 0 Å². The largest absolute Gasteiger partial charge is 0.465 e. The third-order valence-corrected chi connectivity index (χ3v) is 6.77. The Morgan fingerprint density at radius 3 is 2.56 bits per heavy atom. The van der Waals surface area contributed by atoms with Gasteiger partial charge in [0, 0.05) is 12.6 Å². The van der Waals surface area contributed by atoms with Crippen molar-refractivity contribution in [2.75, 3.05) is 26.7 Å².